The van der Waals surface area contributed by atoms with Gasteiger partial charge in [-0.3, -0.25) is 4.79 Å². The Hall–Kier alpha value is -1.55. The van der Waals surface area contributed by atoms with Crippen molar-refractivity contribution in [3.8, 4) is 5.75 Å². The summed E-state index contributed by atoms with van der Waals surface area (Å²) in [6, 6.07) is 6.57. The highest BCUT2D eigenvalue weighted by Gasteiger charge is 2.21. The molecule has 4 heteroatoms. The van der Waals surface area contributed by atoms with Gasteiger partial charge in [-0.2, -0.15) is 0 Å². The third-order valence-electron chi connectivity index (χ3n) is 3.76. The summed E-state index contributed by atoms with van der Waals surface area (Å²) in [4.78, 5) is 11.6. The van der Waals surface area contributed by atoms with Crippen LogP contribution in [0.15, 0.2) is 18.2 Å². The average Bonchev–Trinajstić information content (AvgIpc) is 2.87. The molecule has 4 nitrogen and oxygen atoms in total. The number of benzene rings is 1. The van der Waals surface area contributed by atoms with Crippen LogP contribution in [-0.2, 0) is 11.2 Å². The van der Waals surface area contributed by atoms with Crippen LogP contribution < -0.4 is 15.4 Å². The van der Waals surface area contributed by atoms with Gasteiger partial charge in [0, 0.05) is 12.6 Å². The Balaban J connectivity index is 1.84. The van der Waals surface area contributed by atoms with Crippen molar-refractivity contribution in [2.75, 3.05) is 20.2 Å². The number of aryl methyl sites for hydroxylation is 1. The Bertz CT molecular complexity index is 460. The zero-order valence-electron chi connectivity index (χ0n) is 12.4. The highest BCUT2D eigenvalue weighted by molar-refractivity contribution is 5.77. The van der Waals surface area contributed by atoms with Gasteiger partial charge >= 0.3 is 0 Å². The summed E-state index contributed by atoms with van der Waals surface area (Å²) in [7, 11) is 1.99. The van der Waals surface area contributed by atoms with E-state index in [9.17, 15) is 4.79 Å². The largest absolute Gasteiger partial charge is 0.484 e. The molecule has 1 unspecified atom stereocenters. The number of hydrogen-bond donors (Lipinski definition) is 2. The maximum absolute atomic E-state index is 11.6. The van der Waals surface area contributed by atoms with Gasteiger partial charge in [0.1, 0.15) is 5.75 Å². The van der Waals surface area contributed by atoms with Gasteiger partial charge in [0.15, 0.2) is 6.61 Å². The lowest BCUT2D eigenvalue weighted by Crippen LogP contribution is -2.29. The zero-order valence-corrected chi connectivity index (χ0v) is 12.4. The summed E-state index contributed by atoms with van der Waals surface area (Å²) in [6.45, 7) is 2.93. The van der Waals surface area contributed by atoms with Gasteiger partial charge in [-0.15, -0.1) is 0 Å². The molecule has 0 heterocycles. The van der Waals surface area contributed by atoms with Crippen molar-refractivity contribution in [1.82, 2.24) is 10.6 Å². The lowest BCUT2D eigenvalue weighted by molar-refractivity contribution is -0.123. The minimum Gasteiger partial charge on any atom is -0.484 e. The average molecular weight is 276 g/mol. The maximum atomic E-state index is 11.6. The number of hydrogen-bond acceptors (Lipinski definition) is 3. The van der Waals surface area contributed by atoms with Crippen molar-refractivity contribution in [3.63, 3.8) is 0 Å². The van der Waals surface area contributed by atoms with E-state index in [0.29, 0.717) is 6.04 Å². The fourth-order valence-electron chi connectivity index (χ4n) is 2.59. The van der Waals surface area contributed by atoms with E-state index < -0.39 is 0 Å². The molecule has 0 aliphatic heterocycles. The molecule has 1 aromatic carbocycles. The van der Waals surface area contributed by atoms with Crippen molar-refractivity contribution < 1.29 is 9.53 Å². The van der Waals surface area contributed by atoms with Gasteiger partial charge in [-0.1, -0.05) is 19.4 Å². The SMILES string of the molecule is CCCCNC(=O)COc1ccc2c(c1)CCC2NC. The highest BCUT2D eigenvalue weighted by atomic mass is 16.5. The van der Waals surface area contributed by atoms with Gasteiger partial charge < -0.3 is 15.4 Å². The van der Waals surface area contributed by atoms with Gasteiger partial charge in [-0.05, 0) is 49.6 Å². The molecule has 1 atom stereocenters. The minimum absolute atomic E-state index is 0.0490. The first-order valence-corrected chi connectivity index (χ1v) is 7.44. The van der Waals surface area contributed by atoms with Crippen LogP contribution in [0.5, 0.6) is 5.75 Å². The molecule has 0 saturated heterocycles. The second kappa shape index (κ2) is 7.29. The molecule has 0 spiro atoms. The van der Waals surface area contributed by atoms with Crippen molar-refractivity contribution >= 4 is 5.91 Å². The number of unbranched alkanes of at least 4 members (excludes halogenated alkanes) is 1. The number of carbonyl (C=O) groups excluding carboxylic acids is 1. The molecule has 2 rings (SSSR count). The summed E-state index contributed by atoms with van der Waals surface area (Å²) in [5.41, 5.74) is 2.68. The van der Waals surface area contributed by atoms with Crippen molar-refractivity contribution in [3.05, 3.63) is 29.3 Å². The molecule has 0 aromatic heterocycles. The number of ether oxygens (including phenoxy) is 1. The van der Waals surface area contributed by atoms with Crippen LogP contribution in [0.25, 0.3) is 0 Å². The van der Waals surface area contributed by atoms with Gasteiger partial charge in [0.2, 0.25) is 0 Å². The van der Waals surface area contributed by atoms with Crippen LogP contribution in [-0.4, -0.2) is 26.1 Å². The minimum atomic E-state index is -0.0490. The van der Waals surface area contributed by atoms with E-state index in [1.165, 1.54) is 11.1 Å². The zero-order chi connectivity index (χ0) is 14.4. The van der Waals surface area contributed by atoms with E-state index in [4.69, 9.17) is 4.74 Å². The summed E-state index contributed by atoms with van der Waals surface area (Å²) in [6.07, 6.45) is 4.29. The van der Waals surface area contributed by atoms with Crippen LogP contribution in [0.1, 0.15) is 43.4 Å². The Morgan fingerprint density at radius 1 is 1.45 bits per heavy atom. The lowest BCUT2D eigenvalue weighted by atomic mass is 10.1. The second-order valence-electron chi connectivity index (χ2n) is 5.23. The molecule has 110 valence electrons. The molecular formula is C16H24N2O2. The van der Waals surface area contributed by atoms with Crippen LogP contribution in [0.2, 0.25) is 0 Å². The number of carbonyl (C=O) groups is 1. The molecule has 1 amide bonds. The molecule has 1 aliphatic carbocycles. The number of fused-ring (bicyclic) bond motifs is 1. The first kappa shape index (κ1) is 14.9. The fraction of sp³-hybridized carbons (Fsp3) is 0.562. The molecule has 0 fully saturated rings. The van der Waals surface area contributed by atoms with Crippen LogP contribution >= 0.6 is 0 Å². The molecule has 2 N–H and O–H groups in total. The monoisotopic (exact) mass is 276 g/mol. The predicted molar refractivity (Wildman–Crippen MR) is 80.0 cm³/mol. The lowest BCUT2D eigenvalue weighted by Gasteiger charge is -2.11. The van der Waals surface area contributed by atoms with E-state index in [1.54, 1.807) is 0 Å². The van der Waals surface area contributed by atoms with Crippen molar-refractivity contribution in [1.29, 1.82) is 0 Å². The van der Waals surface area contributed by atoms with Gasteiger partial charge in [0.05, 0.1) is 0 Å². The van der Waals surface area contributed by atoms with E-state index in [1.807, 2.05) is 13.1 Å². The Morgan fingerprint density at radius 3 is 3.05 bits per heavy atom. The molecule has 0 radical (unpaired) electrons. The number of rotatable bonds is 7. The van der Waals surface area contributed by atoms with Gasteiger partial charge in [0.25, 0.3) is 5.91 Å². The van der Waals surface area contributed by atoms with Crippen molar-refractivity contribution in [2.24, 2.45) is 0 Å². The molecule has 0 bridgehead atoms. The Labute approximate surface area is 120 Å². The van der Waals surface area contributed by atoms with E-state index in [-0.39, 0.29) is 12.5 Å². The maximum Gasteiger partial charge on any atom is 0.257 e. The first-order valence-electron chi connectivity index (χ1n) is 7.44. The number of nitrogens with one attached hydrogen (secondary N) is 2. The normalized spacial score (nSPS) is 16.8. The standard InChI is InChI=1S/C16H24N2O2/c1-3-4-9-18-16(19)11-20-13-6-7-14-12(10-13)5-8-15(14)17-2/h6-7,10,15,17H,3-5,8-9,11H2,1-2H3,(H,18,19). The summed E-state index contributed by atoms with van der Waals surface area (Å²) in [5, 5.41) is 6.16. The number of amides is 1. The predicted octanol–water partition coefficient (Wildman–Crippen LogP) is 2.19. The first-order chi connectivity index (χ1) is 9.74. The van der Waals surface area contributed by atoms with Crippen molar-refractivity contribution in [2.45, 2.75) is 38.6 Å². The van der Waals surface area contributed by atoms with Crippen LogP contribution in [0.4, 0.5) is 0 Å². The molecule has 1 aliphatic rings. The quantitative estimate of drug-likeness (QED) is 0.751. The Kier molecular flexibility index (Phi) is 5.41. The van der Waals surface area contributed by atoms with E-state index >= 15 is 0 Å². The highest BCUT2D eigenvalue weighted by Crippen LogP contribution is 2.33. The van der Waals surface area contributed by atoms with Gasteiger partial charge in [-0.25, -0.2) is 0 Å². The molecule has 20 heavy (non-hydrogen) atoms. The smallest absolute Gasteiger partial charge is 0.257 e. The van der Waals surface area contributed by atoms with Crippen LogP contribution in [0.3, 0.4) is 0 Å². The molecule has 1 aromatic rings. The summed E-state index contributed by atoms with van der Waals surface area (Å²) < 4.78 is 5.56. The fourth-order valence-corrected chi connectivity index (χ4v) is 2.59. The summed E-state index contributed by atoms with van der Waals surface area (Å²) in [5.74, 6) is 0.734. The molecule has 0 saturated carbocycles. The topological polar surface area (TPSA) is 50.4 Å². The van der Waals surface area contributed by atoms with Crippen LogP contribution in [0, 0.1) is 0 Å². The van der Waals surface area contributed by atoms with E-state index in [0.717, 1.165) is 38.0 Å². The second-order valence-corrected chi connectivity index (χ2v) is 5.23. The third-order valence-corrected chi connectivity index (χ3v) is 3.76. The Morgan fingerprint density at radius 2 is 2.30 bits per heavy atom. The van der Waals surface area contributed by atoms with E-state index in [2.05, 4.69) is 29.7 Å². The summed E-state index contributed by atoms with van der Waals surface area (Å²) >= 11 is 0. The molecular weight excluding hydrogens is 252 g/mol. The third kappa shape index (κ3) is 3.73.